The molecule has 0 aliphatic heterocycles. The minimum absolute atomic E-state index is 0.0411. The molecule has 11 aromatic rings. The lowest BCUT2D eigenvalue weighted by Crippen LogP contribution is -2.31. The van der Waals surface area contributed by atoms with Gasteiger partial charge in [-0.2, -0.15) is 105 Å². The summed E-state index contributed by atoms with van der Waals surface area (Å²) < 4.78 is 346. The molecular weight excluding hydrogens is 1940 g/mol. The summed E-state index contributed by atoms with van der Waals surface area (Å²) in [6.45, 7) is 2.42. The number of rotatable bonds is 3. The zero-order chi connectivity index (χ0) is 108. The summed E-state index contributed by atoms with van der Waals surface area (Å²) in [5.74, 6) is -45.5. The van der Waals surface area contributed by atoms with E-state index in [1.54, 1.807) is 24.0 Å². The maximum atomic E-state index is 15.1. The Balaban J connectivity index is 0.000000230. The number of benzene rings is 8. The molecular formula is C97H13F24N23. The van der Waals surface area contributed by atoms with Gasteiger partial charge in [0.15, 0.2) is 139 Å². The molecule has 1 fully saturated rings. The maximum Gasteiger partial charge on any atom is 0.180 e. The lowest BCUT2D eigenvalue weighted by molar-refractivity contribution is 0.434. The van der Waals surface area contributed by atoms with Crippen molar-refractivity contribution in [2.24, 2.45) is 0 Å². The first-order valence-electron chi connectivity index (χ1n) is 36.5. The van der Waals surface area contributed by atoms with Crippen LogP contribution in [-0.2, 0) is 0 Å². The van der Waals surface area contributed by atoms with Gasteiger partial charge in [0.2, 0.25) is 0 Å². The second-order valence-corrected chi connectivity index (χ2v) is 26.7. The monoisotopic (exact) mass is 1960 g/mol. The number of fused-ring (bicyclic) bond motifs is 7. The van der Waals surface area contributed by atoms with Gasteiger partial charge in [-0.3, -0.25) is 0 Å². The van der Waals surface area contributed by atoms with Gasteiger partial charge in [0.05, 0.1) is 116 Å². The van der Waals surface area contributed by atoms with E-state index < -0.39 is 282 Å². The predicted molar refractivity (Wildman–Crippen MR) is 436 cm³/mol. The number of hydrogen-bond donors (Lipinski definition) is 0. The Hall–Kier alpha value is -22.9. The van der Waals surface area contributed by atoms with Gasteiger partial charge in [-0.05, 0) is 38.0 Å². The van der Waals surface area contributed by atoms with Crippen LogP contribution in [0.4, 0.5) is 105 Å². The Bertz CT molecular complexity index is 8610. The molecule has 47 heteroatoms. The Morgan fingerprint density at radius 2 is 0.472 bits per heavy atom. The first-order chi connectivity index (χ1) is 68.3. The molecule has 0 spiro atoms. The van der Waals surface area contributed by atoms with Crippen LogP contribution in [0.25, 0.3) is 93.6 Å². The van der Waals surface area contributed by atoms with Crippen molar-refractivity contribution in [2.75, 3.05) is 0 Å². The van der Waals surface area contributed by atoms with Crippen molar-refractivity contribution in [3.05, 3.63) is 284 Å². The largest absolute Gasteiger partial charge is 0.236 e. The molecule has 12 rings (SSSR count). The van der Waals surface area contributed by atoms with Crippen LogP contribution >= 0.6 is 0 Å². The average Bonchev–Trinajstić information content (AvgIpc) is 1.52. The van der Waals surface area contributed by atoms with Crippen molar-refractivity contribution < 1.29 is 105 Å². The van der Waals surface area contributed by atoms with Gasteiger partial charge >= 0.3 is 0 Å². The summed E-state index contributed by atoms with van der Waals surface area (Å²) in [6.07, 6.45) is 20.0. The van der Waals surface area contributed by atoms with E-state index in [0.29, 0.717) is 21.7 Å². The van der Waals surface area contributed by atoms with Crippen molar-refractivity contribution in [2.45, 2.75) is 13.8 Å². The quantitative estimate of drug-likeness (QED) is 0.0521. The highest BCUT2D eigenvalue weighted by Crippen LogP contribution is 2.58. The van der Waals surface area contributed by atoms with Gasteiger partial charge in [-0.15, -0.1) is 25.7 Å². The fourth-order valence-electron chi connectivity index (χ4n) is 13.1. The second kappa shape index (κ2) is 42.9. The Morgan fingerprint density at radius 3 is 0.736 bits per heavy atom. The molecule has 0 saturated heterocycles. The number of terminal acetylenes is 4. The zero-order valence-corrected chi connectivity index (χ0v) is 69.4. The zero-order valence-electron chi connectivity index (χ0n) is 69.4. The number of hydrogen-bond acceptors (Lipinski definition) is 23. The summed E-state index contributed by atoms with van der Waals surface area (Å²) in [7, 11) is 0. The summed E-state index contributed by atoms with van der Waals surface area (Å²) in [4.78, 5) is 13.0. The third-order valence-electron chi connectivity index (χ3n) is 19.5. The number of halogens is 24. The summed E-state index contributed by atoms with van der Waals surface area (Å²) in [5, 5.41) is 172. The third kappa shape index (κ3) is 17.6. The predicted octanol–water partition coefficient (Wildman–Crippen LogP) is 14.0. The first kappa shape index (κ1) is 106. The van der Waals surface area contributed by atoms with Gasteiger partial charge in [0, 0.05) is 54.5 Å². The van der Waals surface area contributed by atoms with E-state index in [1.807, 2.05) is 30.3 Å². The topological polar surface area (TPSA) is 514 Å². The first-order valence-corrected chi connectivity index (χ1v) is 36.5. The summed E-state index contributed by atoms with van der Waals surface area (Å²) in [6, 6.07) is 31.4. The number of nitriles is 20. The van der Waals surface area contributed by atoms with E-state index in [4.69, 9.17) is 88.8 Å². The van der Waals surface area contributed by atoms with E-state index in [-0.39, 0.29) is 56.0 Å². The second-order valence-electron chi connectivity index (χ2n) is 26.7. The van der Waals surface area contributed by atoms with Gasteiger partial charge in [0.1, 0.15) is 171 Å². The SMILES string of the molecule is C#C/C(C#N)=c1\c(F)c(F)c2c(F)c(=C(C#N)C#N)c(F)c(F)c2c1F.C#CC(C#N)=c1c(F)c(F)c(=C(C#N)C#N)c(F)c1F.C#Cc1c(F)c(F)c(C(C#N)=C2C(=C(C#N)c3c(F)c(F)c(C#N)c(F)c3F)C2=C(C#N)c2c(F)c(F)c(C#N)c(F)c2F)c(F)c1F.C#Cc1nc2c(cc1C#N)c1nc(C#N)c(C#N)cc1c1cc(C#N)c(C#N)nc12.C/C(C#N)=c1\c(F)c(C#N)/c(=C(/C)C#N)c(F)c1C#N. The van der Waals surface area contributed by atoms with Crippen LogP contribution in [0.3, 0.4) is 0 Å². The molecule has 0 amide bonds. The highest BCUT2D eigenvalue weighted by Gasteiger charge is 2.47. The lowest BCUT2D eigenvalue weighted by atomic mass is 9.98. The third-order valence-corrected chi connectivity index (χ3v) is 19.5. The fraction of sp³-hybridized carbons (Fsp3) is 0.0206. The normalized spacial score (nSPS) is 11.6. The molecule has 1 aliphatic rings. The van der Waals surface area contributed by atoms with Crippen LogP contribution in [0, 0.1) is 416 Å². The standard InChI is InChI=1S/C31HF12N5.C22H4N8.C17HF6N3.C14H6F2N4.C13HF4N3/c1-2-8-20(32)26(38)17(27(39)21(8)33)9(3-44)14-15(10(4-45)18-28(40)22(34)12(6-47)23(35)29(18)41)16(14)11(5-46)19-30(42)24(36)13(7-48)25(37)31(19)43;1-2-17-11(6-23)5-16-20-14(3-12(7-24)18(9-26)29-20)15-4-13(8-25)19(10-27)30-21(15)22(16)28-17;1-2-6(3-24)8-12(18)10-11(16(22)14(8)20)13(19)9(7(4-25)5-26)15(21)17(10)23;1-7(3-17)11-9(5-19)14(16)12(8(2)4-18)10(6-20)13(11)15;1-2-6(3-18)8-10(14)12(16)9(7(4-19)5-20)13(17)11(8)15/h1H;1,3-5H;1H;1-2H3;1H/b;;8-6+;11-7+,12-8+;. The molecule has 3 aromatic heterocycles. The molecule has 8 aromatic carbocycles. The van der Waals surface area contributed by atoms with E-state index in [2.05, 4.69) is 20.9 Å². The van der Waals surface area contributed by atoms with Gasteiger partial charge in [-0.25, -0.2) is 120 Å². The highest BCUT2D eigenvalue weighted by atomic mass is 19.2. The van der Waals surface area contributed by atoms with E-state index in [0.717, 1.165) is 54.6 Å². The lowest BCUT2D eigenvalue weighted by Gasteiger charge is -2.11. The van der Waals surface area contributed by atoms with E-state index in [1.165, 1.54) is 62.2 Å². The van der Waals surface area contributed by atoms with E-state index in [9.17, 15) is 121 Å². The molecule has 0 N–H and O–H groups in total. The van der Waals surface area contributed by atoms with Crippen LogP contribution in [0.2, 0.25) is 0 Å². The number of nitrogens with zero attached hydrogens (tertiary/aromatic N) is 23. The van der Waals surface area contributed by atoms with Crippen LogP contribution in [0.15, 0.2) is 34.9 Å². The van der Waals surface area contributed by atoms with Gasteiger partial charge in [0.25, 0.3) is 0 Å². The Kier molecular flexibility index (Phi) is 31.7. The van der Waals surface area contributed by atoms with Crippen molar-refractivity contribution >= 4 is 93.6 Å². The molecule has 1 saturated carbocycles. The minimum atomic E-state index is -2.52. The molecule has 144 heavy (non-hydrogen) atoms. The molecule has 684 valence electrons. The van der Waals surface area contributed by atoms with Gasteiger partial charge < -0.3 is 0 Å². The smallest absolute Gasteiger partial charge is 0.180 e. The maximum absolute atomic E-state index is 15.1. The highest BCUT2D eigenvalue weighted by molar-refractivity contribution is 6.23. The van der Waals surface area contributed by atoms with Crippen molar-refractivity contribution in [3.8, 4) is 171 Å². The van der Waals surface area contributed by atoms with Crippen LogP contribution in [-0.4, -0.2) is 15.0 Å². The molecule has 3 heterocycles. The Morgan fingerprint density at radius 1 is 0.222 bits per heavy atom. The van der Waals surface area contributed by atoms with Gasteiger partial charge in [-0.1, -0.05) is 17.8 Å². The van der Waals surface area contributed by atoms with Crippen LogP contribution in [0.5, 0.6) is 0 Å². The molecule has 0 atom stereocenters. The molecule has 0 bridgehead atoms. The minimum Gasteiger partial charge on any atom is -0.236 e. The number of allylic oxidation sites excluding steroid dienone is 6. The average molecular weight is 1960 g/mol. The fourth-order valence-corrected chi connectivity index (χ4v) is 13.1. The van der Waals surface area contributed by atoms with Crippen molar-refractivity contribution in [1.82, 2.24) is 15.0 Å². The van der Waals surface area contributed by atoms with Crippen LogP contribution in [0.1, 0.15) is 92.1 Å². The molecule has 0 unspecified atom stereocenters. The molecule has 0 radical (unpaired) electrons. The summed E-state index contributed by atoms with van der Waals surface area (Å²) in [5.41, 5.74) is -26.3. The van der Waals surface area contributed by atoms with E-state index >= 15 is 26.3 Å². The molecule has 23 nitrogen and oxygen atoms in total. The summed E-state index contributed by atoms with van der Waals surface area (Å²) >= 11 is 0. The van der Waals surface area contributed by atoms with Crippen molar-refractivity contribution in [3.63, 3.8) is 0 Å². The number of pyridine rings is 3. The van der Waals surface area contributed by atoms with Crippen LogP contribution < -0.4 is 31.3 Å². The molecule has 1 aliphatic carbocycles. The number of aromatic nitrogens is 3. The Labute approximate surface area is 784 Å². The van der Waals surface area contributed by atoms with Crippen molar-refractivity contribution in [1.29, 1.82) is 105 Å².